The van der Waals surface area contributed by atoms with Gasteiger partial charge in [0.25, 0.3) is 0 Å². The van der Waals surface area contributed by atoms with Gasteiger partial charge in [-0.25, -0.2) is 9.59 Å². The van der Waals surface area contributed by atoms with E-state index in [2.05, 4.69) is 10.1 Å². The normalized spacial score (nSPS) is 22.6. The molecule has 1 fully saturated rings. The molecule has 1 saturated heterocycles. The molecule has 8 nitrogen and oxygen atoms in total. The van der Waals surface area contributed by atoms with Gasteiger partial charge in [0.1, 0.15) is 5.70 Å². The van der Waals surface area contributed by atoms with Crippen molar-refractivity contribution in [2.45, 2.75) is 32.0 Å². The first-order valence-electron chi connectivity index (χ1n) is 8.23. The van der Waals surface area contributed by atoms with E-state index in [1.165, 1.54) is 18.9 Å². The Labute approximate surface area is 150 Å². The molecule has 2 amide bonds. The number of rotatable bonds is 5. The van der Waals surface area contributed by atoms with Crippen molar-refractivity contribution >= 4 is 23.5 Å². The lowest BCUT2D eigenvalue weighted by Gasteiger charge is -2.44. The van der Waals surface area contributed by atoms with Gasteiger partial charge in [0, 0.05) is 6.54 Å². The van der Waals surface area contributed by atoms with Crippen molar-refractivity contribution in [1.82, 2.24) is 10.2 Å². The van der Waals surface area contributed by atoms with Gasteiger partial charge < -0.3 is 25.2 Å². The summed E-state index contributed by atoms with van der Waals surface area (Å²) in [6, 6.07) is 6.78. The van der Waals surface area contributed by atoms with E-state index < -0.39 is 24.1 Å². The van der Waals surface area contributed by atoms with Crippen LogP contribution in [-0.2, 0) is 20.9 Å². The molecule has 0 unspecified atom stereocenters. The third kappa shape index (κ3) is 2.92. The second-order valence-corrected chi connectivity index (χ2v) is 6.42. The number of hydrogen-bond acceptors (Lipinski definition) is 5. The van der Waals surface area contributed by atoms with Gasteiger partial charge in [-0.1, -0.05) is 18.2 Å². The summed E-state index contributed by atoms with van der Waals surface area (Å²) in [5.74, 6) is -2.11. The highest BCUT2D eigenvalue weighted by atomic mass is 16.5. The van der Waals surface area contributed by atoms with Crippen molar-refractivity contribution in [2.75, 3.05) is 7.11 Å². The molecule has 0 spiro atoms. The smallest absolute Gasteiger partial charge is 0.407 e. The van der Waals surface area contributed by atoms with Crippen molar-refractivity contribution in [3.63, 3.8) is 0 Å². The minimum atomic E-state index is -1.17. The van der Waals surface area contributed by atoms with E-state index in [1.807, 2.05) is 0 Å². The molecule has 1 aromatic rings. The van der Waals surface area contributed by atoms with Crippen LogP contribution >= 0.6 is 0 Å². The molecule has 8 heteroatoms. The number of aliphatic carboxylic acids is 1. The number of aliphatic hydroxyl groups is 1. The average Bonchev–Trinajstić information content (AvgIpc) is 2.94. The lowest BCUT2D eigenvalue weighted by atomic mass is 9.82. The lowest BCUT2D eigenvalue weighted by Crippen LogP contribution is -2.61. The molecule has 3 atom stereocenters. The number of nitrogens with zero attached hydrogens (tertiary/aromatic N) is 1. The van der Waals surface area contributed by atoms with Gasteiger partial charge >= 0.3 is 12.1 Å². The summed E-state index contributed by atoms with van der Waals surface area (Å²) in [4.78, 5) is 36.5. The Morgan fingerprint density at radius 2 is 2.15 bits per heavy atom. The zero-order chi connectivity index (χ0) is 19.0. The Kier molecular flexibility index (Phi) is 4.69. The molecule has 0 aliphatic carbocycles. The molecule has 0 aromatic heterocycles. The molecule has 1 aromatic carbocycles. The molecule has 2 aliphatic rings. The predicted molar refractivity (Wildman–Crippen MR) is 90.7 cm³/mol. The van der Waals surface area contributed by atoms with Crippen molar-refractivity contribution in [3.05, 3.63) is 41.1 Å². The number of carboxylic acids is 1. The van der Waals surface area contributed by atoms with E-state index in [-0.39, 0.29) is 24.2 Å². The van der Waals surface area contributed by atoms with Crippen LogP contribution in [0.15, 0.2) is 30.0 Å². The van der Waals surface area contributed by atoms with Crippen molar-refractivity contribution in [1.29, 1.82) is 0 Å². The zero-order valence-electron chi connectivity index (χ0n) is 14.4. The van der Waals surface area contributed by atoms with Crippen LogP contribution in [0.2, 0.25) is 0 Å². The molecule has 2 heterocycles. The second-order valence-electron chi connectivity index (χ2n) is 6.42. The van der Waals surface area contributed by atoms with E-state index in [4.69, 9.17) is 0 Å². The molecular weight excluding hydrogens is 340 g/mol. The summed E-state index contributed by atoms with van der Waals surface area (Å²) in [6.45, 7) is 1.77. The third-order valence-corrected chi connectivity index (χ3v) is 4.83. The van der Waals surface area contributed by atoms with Gasteiger partial charge in [0.05, 0.1) is 25.2 Å². The zero-order valence-corrected chi connectivity index (χ0v) is 14.4. The molecule has 2 aliphatic heterocycles. The monoisotopic (exact) mass is 360 g/mol. The number of hydrogen-bond donors (Lipinski definition) is 3. The van der Waals surface area contributed by atoms with E-state index in [9.17, 15) is 24.6 Å². The molecule has 0 saturated carbocycles. The van der Waals surface area contributed by atoms with Crippen LogP contribution in [0.4, 0.5) is 4.79 Å². The third-order valence-electron chi connectivity index (χ3n) is 4.83. The summed E-state index contributed by atoms with van der Waals surface area (Å²) >= 11 is 0. The highest BCUT2D eigenvalue weighted by molar-refractivity contribution is 6.06. The quantitative estimate of drug-likeness (QED) is 0.673. The number of β-lactam (4-membered cyclic amide) rings is 1. The number of alkyl carbamates (subject to hydrolysis) is 1. The number of benzene rings is 1. The lowest BCUT2D eigenvalue weighted by molar-refractivity contribution is -0.161. The Bertz CT molecular complexity index is 801. The summed E-state index contributed by atoms with van der Waals surface area (Å²) < 4.78 is 4.53. The fourth-order valence-electron chi connectivity index (χ4n) is 3.64. The van der Waals surface area contributed by atoms with Gasteiger partial charge in [0.15, 0.2) is 0 Å². The number of amides is 2. The fraction of sp³-hybridized carbons (Fsp3) is 0.389. The number of ether oxygens (including phenoxy) is 1. The van der Waals surface area contributed by atoms with Gasteiger partial charge in [-0.15, -0.1) is 0 Å². The largest absolute Gasteiger partial charge is 0.477 e. The van der Waals surface area contributed by atoms with Crippen molar-refractivity contribution in [2.24, 2.45) is 5.92 Å². The molecule has 138 valence electrons. The maximum atomic E-state index is 12.3. The highest BCUT2D eigenvalue weighted by Gasteiger charge is 2.56. The molecule has 26 heavy (non-hydrogen) atoms. The molecule has 0 radical (unpaired) electrons. The number of carbonyl (C=O) groups is 3. The standard InChI is InChI=1S/C18H20N2O6/c1-9(21)14-13-7-12(15(17(23)24)20(13)16(14)22)11-5-3-4-10(6-11)8-19-18(25)26-2/h3-6,9,13-14,21H,7-8H2,1-2H3,(H,19,25)(H,23,24)/t9-,13-,14-/m1/s1. The minimum Gasteiger partial charge on any atom is -0.477 e. The van der Waals surface area contributed by atoms with E-state index in [1.54, 1.807) is 24.3 Å². The Morgan fingerprint density at radius 3 is 2.77 bits per heavy atom. The number of nitrogens with one attached hydrogen (secondary N) is 1. The Morgan fingerprint density at radius 1 is 1.42 bits per heavy atom. The van der Waals surface area contributed by atoms with Crippen LogP contribution in [-0.4, -0.2) is 52.3 Å². The van der Waals surface area contributed by atoms with Crippen LogP contribution in [0.5, 0.6) is 0 Å². The molecular formula is C18H20N2O6. The molecule has 3 N–H and O–H groups in total. The molecule has 0 bridgehead atoms. The van der Waals surface area contributed by atoms with E-state index in [0.29, 0.717) is 17.6 Å². The summed E-state index contributed by atoms with van der Waals surface area (Å²) in [5, 5.41) is 22.0. The minimum absolute atomic E-state index is 0.0324. The number of carbonyl (C=O) groups excluding carboxylic acids is 2. The van der Waals surface area contributed by atoms with E-state index in [0.717, 1.165) is 5.56 Å². The predicted octanol–water partition coefficient (Wildman–Crippen LogP) is 0.950. The Hall–Kier alpha value is -2.87. The second kappa shape index (κ2) is 6.80. The SMILES string of the molecule is COC(=O)NCc1cccc(C2=C(C(=O)O)N3C(=O)[C@H]([C@@H](C)O)[C@H]3C2)c1. The van der Waals surface area contributed by atoms with Crippen molar-refractivity contribution < 1.29 is 29.3 Å². The van der Waals surface area contributed by atoms with Crippen LogP contribution in [0.1, 0.15) is 24.5 Å². The number of carboxylic acid groups (broad SMARTS) is 1. The Balaban J connectivity index is 1.90. The van der Waals surface area contributed by atoms with Crippen LogP contribution in [0, 0.1) is 5.92 Å². The first-order chi connectivity index (χ1) is 12.3. The van der Waals surface area contributed by atoms with Gasteiger partial charge in [-0.3, -0.25) is 4.79 Å². The summed E-state index contributed by atoms with van der Waals surface area (Å²) in [6.07, 6.45) is -1.01. The first kappa shape index (κ1) is 17.9. The number of aliphatic hydroxyl groups excluding tert-OH is 1. The van der Waals surface area contributed by atoms with Crippen LogP contribution in [0.25, 0.3) is 5.57 Å². The van der Waals surface area contributed by atoms with Gasteiger partial charge in [-0.05, 0) is 36.1 Å². The fourth-order valence-corrected chi connectivity index (χ4v) is 3.64. The van der Waals surface area contributed by atoms with E-state index >= 15 is 0 Å². The maximum absolute atomic E-state index is 12.3. The van der Waals surface area contributed by atoms with Crippen molar-refractivity contribution in [3.8, 4) is 0 Å². The topological polar surface area (TPSA) is 116 Å². The first-order valence-corrected chi connectivity index (χ1v) is 8.23. The summed E-state index contributed by atoms with van der Waals surface area (Å²) in [7, 11) is 1.27. The van der Waals surface area contributed by atoms with Crippen LogP contribution in [0.3, 0.4) is 0 Å². The van der Waals surface area contributed by atoms with Gasteiger partial charge in [-0.2, -0.15) is 0 Å². The number of fused-ring (bicyclic) bond motifs is 1. The highest BCUT2D eigenvalue weighted by Crippen LogP contribution is 2.46. The van der Waals surface area contributed by atoms with Crippen LogP contribution < -0.4 is 5.32 Å². The average molecular weight is 360 g/mol. The summed E-state index contributed by atoms with van der Waals surface area (Å²) in [5.41, 5.74) is 1.98. The maximum Gasteiger partial charge on any atom is 0.407 e. The number of methoxy groups -OCH3 is 1. The van der Waals surface area contributed by atoms with Gasteiger partial charge in [0.2, 0.25) is 5.91 Å². The molecule has 3 rings (SSSR count).